The largest absolute Gasteiger partial charge is 0.496 e. The van der Waals surface area contributed by atoms with Gasteiger partial charge in [-0.05, 0) is 38.7 Å². The fourth-order valence-corrected chi connectivity index (χ4v) is 3.81. The zero-order valence-corrected chi connectivity index (χ0v) is 13.6. The molecule has 2 aliphatic carbocycles. The van der Waals surface area contributed by atoms with E-state index in [9.17, 15) is 0 Å². The fourth-order valence-electron chi connectivity index (χ4n) is 3.81. The third kappa shape index (κ3) is 3.42. The second-order valence-electron chi connectivity index (χ2n) is 7.05. The summed E-state index contributed by atoms with van der Waals surface area (Å²) in [4.78, 5) is 0. The van der Waals surface area contributed by atoms with E-state index in [1.54, 1.807) is 0 Å². The molecule has 2 nitrogen and oxygen atoms in total. The molecule has 0 aromatic heterocycles. The van der Waals surface area contributed by atoms with E-state index >= 15 is 0 Å². The highest BCUT2D eigenvalue weighted by atomic mass is 16.5. The normalized spacial score (nSPS) is 21.8. The summed E-state index contributed by atoms with van der Waals surface area (Å²) in [5, 5.41) is 3.81. The number of nitrogens with one attached hydrogen (secondary N) is 1. The minimum absolute atomic E-state index is 0.274. The van der Waals surface area contributed by atoms with Crippen LogP contribution in [0.2, 0.25) is 0 Å². The molecular weight excluding hydrogens is 258 g/mol. The number of methoxy groups -OCH3 is 1. The molecule has 116 valence electrons. The van der Waals surface area contributed by atoms with E-state index in [1.807, 2.05) is 7.11 Å². The van der Waals surface area contributed by atoms with Crippen molar-refractivity contribution in [3.8, 4) is 5.75 Å². The molecule has 0 saturated heterocycles. The lowest BCUT2D eigenvalue weighted by molar-refractivity contribution is 0.324. The quantitative estimate of drug-likeness (QED) is 0.813. The van der Waals surface area contributed by atoms with Crippen molar-refractivity contribution < 1.29 is 4.74 Å². The van der Waals surface area contributed by atoms with Crippen LogP contribution in [0.15, 0.2) is 18.2 Å². The standard InChI is InChI=1S/C19H29NO/c1-15-7-10-18(21-2)17(13-15)19(14-20-16-8-9-16)11-5-3-4-6-12-19/h7,10,13,16,20H,3-6,8-9,11-12,14H2,1-2H3. The maximum absolute atomic E-state index is 5.71. The van der Waals surface area contributed by atoms with Crippen LogP contribution >= 0.6 is 0 Å². The maximum atomic E-state index is 5.71. The summed E-state index contributed by atoms with van der Waals surface area (Å²) in [6.07, 6.45) is 10.8. The molecule has 2 heteroatoms. The number of ether oxygens (including phenoxy) is 1. The Morgan fingerprint density at radius 1 is 1.14 bits per heavy atom. The van der Waals surface area contributed by atoms with E-state index < -0.39 is 0 Å². The summed E-state index contributed by atoms with van der Waals surface area (Å²) < 4.78 is 5.71. The summed E-state index contributed by atoms with van der Waals surface area (Å²) in [6, 6.07) is 7.48. The van der Waals surface area contributed by atoms with Crippen LogP contribution in [0, 0.1) is 6.92 Å². The van der Waals surface area contributed by atoms with Gasteiger partial charge in [-0.15, -0.1) is 0 Å². The maximum Gasteiger partial charge on any atom is 0.122 e. The summed E-state index contributed by atoms with van der Waals surface area (Å²) in [5.41, 5.74) is 3.07. The SMILES string of the molecule is COc1ccc(C)cc1C1(CNC2CC2)CCCCCC1. The van der Waals surface area contributed by atoms with E-state index in [-0.39, 0.29) is 5.41 Å². The Morgan fingerprint density at radius 2 is 1.86 bits per heavy atom. The van der Waals surface area contributed by atoms with Crippen molar-refractivity contribution in [3.63, 3.8) is 0 Å². The second kappa shape index (κ2) is 6.39. The molecule has 0 radical (unpaired) electrons. The highest BCUT2D eigenvalue weighted by molar-refractivity contribution is 5.43. The van der Waals surface area contributed by atoms with E-state index in [2.05, 4.69) is 30.4 Å². The zero-order chi connectivity index (χ0) is 14.7. The third-order valence-corrected chi connectivity index (χ3v) is 5.29. The van der Waals surface area contributed by atoms with Gasteiger partial charge in [0.25, 0.3) is 0 Å². The Hall–Kier alpha value is -1.02. The molecule has 0 unspecified atom stereocenters. The predicted molar refractivity (Wildman–Crippen MR) is 88.1 cm³/mol. The van der Waals surface area contributed by atoms with Crippen molar-refractivity contribution in [2.45, 2.75) is 69.7 Å². The van der Waals surface area contributed by atoms with Gasteiger partial charge in [-0.3, -0.25) is 0 Å². The topological polar surface area (TPSA) is 21.3 Å². The van der Waals surface area contributed by atoms with Crippen LogP contribution in [-0.4, -0.2) is 19.7 Å². The molecule has 1 aromatic rings. The van der Waals surface area contributed by atoms with Crippen LogP contribution in [-0.2, 0) is 5.41 Å². The van der Waals surface area contributed by atoms with Crippen molar-refractivity contribution in [1.82, 2.24) is 5.32 Å². The Morgan fingerprint density at radius 3 is 2.48 bits per heavy atom. The molecule has 3 rings (SSSR count). The van der Waals surface area contributed by atoms with Gasteiger partial charge in [0, 0.05) is 23.6 Å². The minimum Gasteiger partial charge on any atom is -0.496 e. The van der Waals surface area contributed by atoms with Gasteiger partial charge in [0.05, 0.1) is 7.11 Å². The first-order valence-electron chi connectivity index (χ1n) is 8.62. The van der Waals surface area contributed by atoms with Crippen LogP contribution in [0.5, 0.6) is 5.75 Å². The van der Waals surface area contributed by atoms with Gasteiger partial charge in [0.1, 0.15) is 5.75 Å². The van der Waals surface area contributed by atoms with Crippen molar-refractivity contribution >= 4 is 0 Å². The van der Waals surface area contributed by atoms with Gasteiger partial charge in [-0.25, -0.2) is 0 Å². The molecule has 21 heavy (non-hydrogen) atoms. The Labute approximate surface area is 129 Å². The van der Waals surface area contributed by atoms with Gasteiger partial charge in [0.2, 0.25) is 0 Å². The van der Waals surface area contributed by atoms with Crippen molar-refractivity contribution in [3.05, 3.63) is 29.3 Å². The fraction of sp³-hybridized carbons (Fsp3) is 0.684. The first-order valence-corrected chi connectivity index (χ1v) is 8.62. The third-order valence-electron chi connectivity index (χ3n) is 5.29. The monoisotopic (exact) mass is 287 g/mol. The van der Waals surface area contributed by atoms with Gasteiger partial charge in [-0.2, -0.15) is 0 Å². The van der Waals surface area contributed by atoms with Crippen LogP contribution in [0.4, 0.5) is 0 Å². The van der Waals surface area contributed by atoms with Crippen LogP contribution in [0.1, 0.15) is 62.5 Å². The van der Waals surface area contributed by atoms with Crippen molar-refractivity contribution in [2.24, 2.45) is 0 Å². The highest BCUT2D eigenvalue weighted by Gasteiger charge is 2.36. The molecule has 0 aliphatic heterocycles. The zero-order valence-electron chi connectivity index (χ0n) is 13.6. The molecule has 0 spiro atoms. The van der Waals surface area contributed by atoms with Crippen molar-refractivity contribution in [2.75, 3.05) is 13.7 Å². The van der Waals surface area contributed by atoms with Gasteiger partial charge in [0.15, 0.2) is 0 Å². The average molecular weight is 287 g/mol. The van der Waals surface area contributed by atoms with E-state index in [0.29, 0.717) is 0 Å². The molecule has 0 amide bonds. The van der Waals surface area contributed by atoms with Crippen molar-refractivity contribution in [1.29, 1.82) is 0 Å². The minimum atomic E-state index is 0.274. The summed E-state index contributed by atoms with van der Waals surface area (Å²) >= 11 is 0. The lowest BCUT2D eigenvalue weighted by Gasteiger charge is -2.35. The van der Waals surface area contributed by atoms with E-state index in [4.69, 9.17) is 4.74 Å². The van der Waals surface area contributed by atoms with Crippen LogP contribution in [0.3, 0.4) is 0 Å². The van der Waals surface area contributed by atoms with Gasteiger partial charge < -0.3 is 10.1 Å². The smallest absolute Gasteiger partial charge is 0.122 e. The molecule has 2 aliphatic rings. The molecule has 0 bridgehead atoms. The van der Waals surface area contributed by atoms with Crippen LogP contribution in [0.25, 0.3) is 0 Å². The number of aryl methyl sites for hydroxylation is 1. The number of hydrogen-bond donors (Lipinski definition) is 1. The molecule has 2 saturated carbocycles. The summed E-state index contributed by atoms with van der Waals surface area (Å²) in [7, 11) is 1.81. The number of rotatable bonds is 5. The summed E-state index contributed by atoms with van der Waals surface area (Å²) in [5.74, 6) is 1.08. The van der Waals surface area contributed by atoms with Gasteiger partial charge >= 0.3 is 0 Å². The lowest BCUT2D eigenvalue weighted by Crippen LogP contribution is -2.39. The number of benzene rings is 1. The Kier molecular flexibility index (Phi) is 4.54. The average Bonchev–Trinajstić information content (AvgIpc) is 3.32. The van der Waals surface area contributed by atoms with E-state index in [1.165, 1.54) is 62.5 Å². The predicted octanol–water partition coefficient (Wildman–Crippen LogP) is 4.35. The summed E-state index contributed by atoms with van der Waals surface area (Å²) in [6.45, 7) is 3.32. The molecule has 2 fully saturated rings. The molecule has 1 aromatic carbocycles. The molecule has 1 N–H and O–H groups in total. The lowest BCUT2D eigenvalue weighted by atomic mass is 9.73. The molecule has 0 atom stereocenters. The van der Waals surface area contributed by atoms with E-state index in [0.717, 1.165) is 18.3 Å². The second-order valence-corrected chi connectivity index (χ2v) is 7.05. The van der Waals surface area contributed by atoms with Gasteiger partial charge in [-0.1, -0.05) is 43.4 Å². The molecular formula is C19H29NO. The molecule has 0 heterocycles. The first kappa shape index (κ1) is 14.9. The van der Waals surface area contributed by atoms with Crippen LogP contribution < -0.4 is 10.1 Å². The Bertz CT molecular complexity index is 470. The number of hydrogen-bond acceptors (Lipinski definition) is 2. The highest BCUT2D eigenvalue weighted by Crippen LogP contribution is 2.43. The first-order chi connectivity index (χ1) is 10.2. The Balaban J connectivity index is 1.93.